The van der Waals surface area contributed by atoms with Gasteiger partial charge in [-0.05, 0) is 66.3 Å². The molecule has 7 heteroatoms. The first kappa shape index (κ1) is 16.0. The van der Waals surface area contributed by atoms with Gasteiger partial charge in [0.2, 0.25) is 0 Å². The van der Waals surface area contributed by atoms with E-state index < -0.39 is 5.97 Å². The molecule has 1 saturated carbocycles. The number of rotatable bonds is 5. The van der Waals surface area contributed by atoms with Crippen molar-refractivity contribution < 1.29 is 14.8 Å². The van der Waals surface area contributed by atoms with E-state index in [-0.39, 0.29) is 16.5 Å². The fourth-order valence-corrected chi connectivity index (χ4v) is 3.15. The van der Waals surface area contributed by atoms with Gasteiger partial charge in [-0.25, -0.2) is 0 Å². The van der Waals surface area contributed by atoms with Gasteiger partial charge in [-0.3, -0.25) is 14.9 Å². The summed E-state index contributed by atoms with van der Waals surface area (Å²) in [6, 6.07) is 5.10. The van der Waals surface area contributed by atoms with E-state index in [1.54, 1.807) is 12.1 Å². The van der Waals surface area contributed by atoms with Gasteiger partial charge in [0.05, 0.1) is 10.8 Å². The van der Waals surface area contributed by atoms with Crippen LogP contribution in [0.1, 0.15) is 25.7 Å². The summed E-state index contributed by atoms with van der Waals surface area (Å²) in [6.07, 6.45) is 3.08. The molecule has 0 atom stereocenters. The topological polar surface area (TPSA) is 92.5 Å². The molecule has 1 aliphatic carbocycles. The molecular weight excluding hydrogens is 387 g/mol. The maximum atomic E-state index is 11.0. The number of benzene rings is 1. The lowest BCUT2D eigenvalue weighted by atomic mass is 9.82. The second kappa shape index (κ2) is 7.06. The fraction of sp³-hybridized carbons (Fsp3) is 0.500. The third kappa shape index (κ3) is 4.29. The zero-order chi connectivity index (χ0) is 15.4. The maximum absolute atomic E-state index is 11.0. The Hall–Kier alpha value is -1.38. The zero-order valence-corrected chi connectivity index (χ0v) is 13.6. The molecule has 2 N–H and O–H groups in total. The maximum Gasteiger partial charge on any atom is 0.306 e. The van der Waals surface area contributed by atoms with Gasteiger partial charge in [0.15, 0.2) is 0 Å². The Bertz CT molecular complexity index is 542. The van der Waals surface area contributed by atoms with Crippen LogP contribution in [0.2, 0.25) is 0 Å². The molecule has 0 saturated heterocycles. The quantitative estimate of drug-likeness (QED) is 0.445. The third-order valence-corrected chi connectivity index (χ3v) is 4.60. The lowest BCUT2D eigenvalue weighted by molar-refractivity contribution is -0.384. The molecule has 0 amide bonds. The standard InChI is InChI=1S/C14H17IN2O4/c15-11-5-6-12(13(7-11)17(20)21)16-8-9-1-3-10(4-2-9)14(18)19/h5-7,9-10,16H,1-4,8H2,(H,18,19). The van der Waals surface area contributed by atoms with Gasteiger partial charge in [-0.15, -0.1) is 0 Å². The Labute approximate surface area is 136 Å². The lowest BCUT2D eigenvalue weighted by Gasteiger charge is -2.26. The smallest absolute Gasteiger partial charge is 0.306 e. The van der Waals surface area contributed by atoms with Crippen LogP contribution >= 0.6 is 22.6 Å². The van der Waals surface area contributed by atoms with Crippen LogP contribution in [0.3, 0.4) is 0 Å². The van der Waals surface area contributed by atoms with Crippen LogP contribution < -0.4 is 5.32 Å². The van der Waals surface area contributed by atoms with Crippen LogP contribution in [0, 0.1) is 25.5 Å². The second-order valence-corrected chi connectivity index (χ2v) is 6.60. The highest BCUT2D eigenvalue weighted by Crippen LogP contribution is 2.31. The summed E-state index contributed by atoms with van der Waals surface area (Å²) < 4.78 is 0.826. The van der Waals surface area contributed by atoms with Crippen LogP contribution in [0.25, 0.3) is 0 Å². The molecule has 21 heavy (non-hydrogen) atoms. The summed E-state index contributed by atoms with van der Waals surface area (Å²) >= 11 is 2.05. The number of halogens is 1. The summed E-state index contributed by atoms with van der Waals surface area (Å²) in [6.45, 7) is 0.647. The first-order valence-corrected chi connectivity index (χ1v) is 7.96. The highest BCUT2D eigenvalue weighted by Gasteiger charge is 2.26. The van der Waals surface area contributed by atoms with Crippen molar-refractivity contribution in [2.45, 2.75) is 25.7 Å². The molecule has 1 aromatic rings. The average molecular weight is 404 g/mol. The molecular formula is C14H17IN2O4. The molecule has 0 aromatic heterocycles. The number of hydrogen-bond donors (Lipinski definition) is 2. The number of nitro groups is 1. The number of nitrogens with one attached hydrogen (secondary N) is 1. The Kier molecular flexibility index (Phi) is 5.38. The summed E-state index contributed by atoms with van der Waals surface area (Å²) in [5.74, 6) is -0.567. The first-order valence-electron chi connectivity index (χ1n) is 6.88. The molecule has 1 fully saturated rings. The Morgan fingerprint density at radius 2 is 2.05 bits per heavy atom. The van der Waals surface area contributed by atoms with E-state index in [4.69, 9.17) is 5.11 Å². The van der Waals surface area contributed by atoms with E-state index in [0.717, 1.165) is 16.4 Å². The SMILES string of the molecule is O=C(O)C1CCC(CNc2ccc(I)cc2[N+](=O)[O-])CC1. The number of carboxylic acid groups (broad SMARTS) is 1. The number of anilines is 1. The number of carbonyl (C=O) groups is 1. The van der Waals surface area contributed by atoms with Crippen molar-refractivity contribution in [2.24, 2.45) is 11.8 Å². The van der Waals surface area contributed by atoms with E-state index in [2.05, 4.69) is 5.32 Å². The minimum atomic E-state index is -0.713. The van der Waals surface area contributed by atoms with E-state index in [0.29, 0.717) is 31.0 Å². The van der Waals surface area contributed by atoms with Gasteiger partial charge in [0.1, 0.15) is 5.69 Å². The molecule has 2 rings (SSSR count). The summed E-state index contributed by atoms with van der Waals surface area (Å²) in [4.78, 5) is 21.6. The number of aliphatic carboxylic acids is 1. The van der Waals surface area contributed by atoms with Crippen molar-refractivity contribution in [3.8, 4) is 0 Å². The predicted molar refractivity (Wildman–Crippen MR) is 87.4 cm³/mol. The van der Waals surface area contributed by atoms with E-state index in [1.807, 2.05) is 28.7 Å². The normalized spacial score (nSPS) is 21.8. The molecule has 0 heterocycles. The molecule has 0 unspecified atom stereocenters. The molecule has 0 radical (unpaired) electrons. The van der Waals surface area contributed by atoms with E-state index in [1.165, 1.54) is 0 Å². The molecule has 1 aromatic carbocycles. The highest BCUT2D eigenvalue weighted by atomic mass is 127. The Balaban J connectivity index is 1.92. The molecule has 0 aliphatic heterocycles. The Morgan fingerprint density at radius 1 is 1.38 bits per heavy atom. The van der Waals surface area contributed by atoms with Crippen molar-refractivity contribution in [3.63, 3.8) is 0 Å². The first-order chi connectivity index (χ1) is 9.97. The highest BCUT2D eigenvalue weighted by molar-refractivity contribution is 14.1. The number of nitro benzene ring substituents is 1. The molecule has 114 valence electrons. The molecule has 0 bridgehead atoms. The predicted octanol–water partition coefficient (Wildman–Crippen LogP) is 3.50. The summed E-state index contributed by atoms with van der Waals surface area (Å²) in [7, 11) is 0. The number of nitrogens with zero attached hydrogens (tertiary/aromatic N) is 1. The van der Waals surface area contributed by atoms with Crippen molar-refractivity contribution in [2.75, 3.05) is 11.9 Å². The van der Waals surface area contributed by atoms with Gasteiger partial charge in [0, 0.05) is 16.2 Å². The van der Waals surface area contributed by atoms with Crippen LogP contribution in [-0.4, -0.2) is 22.5 Å². The fourth-order valence-electron chi connectivity index (χ4n) is 2.67. The van der Waals surface area contributed by atoms with Crippen LogP contribution in [0.15, 0.2) is 18.2 Å². The molecule has 6 nitrogen and oxygen atoms in total. The minimum absolute atomic E-state index is 0.0844. The summed E-state index contributed by atoms with van der Waals surface area (Å²) in [5.41, 5.74) is 0.613. The van der Waals surface area contributed by atoms with Gasteiger partial charge in [0.25, 0.3) is 5.69 Å². The van der Waals surface area contributed by atoms with E-state index >= 15 is 0 Å². The van der Waals surface area contributed by atoms with Crippen molar-refractivity contribution in [1.29, 1.82) is 0 Å². The van der Waals surface area contributed by atoms with Crippen LogP contribution in [-0.2, 0) is 4.79 Å². The van der Waals surface area contributed by atoms with Crippen molar-refractivity contribution in [1.82, 2.24) is 0 Å². The van der Waals surface area contributed by atoms with Crippen LogP contribution in [0.4, 0.5) is 11.4 Å². The third-order valence-electron chi connectivity index (χ3n) is 3.93. The van der Waals surface area contributed by atoms with Gasteiger partial charge < -0.3 is 10.4 Å². The van der Waals surface area contributed by atoms with E-state index in [9.17, 15) is 14.9 Å². The van der Waals surface area contributed by atoms with Crippen molar-refractivity contribution >= 4 is 39.9 Å². The Morgan fingerprint density at radius 3 is 2.62 bits per heavy atom. The largest absolute Gasteiger partial charge is 0.481 e. The number of carboxylic acids is 1. The van der Waals surface area contributed by atoms with Crippen LogP contribution in [0.5, 0.6) is 0 Å². The van der Waals surface area contributed by atoms with Gasteiger partial charge >= 0.3 is 5.97 Å². The summed E-state index contributed by atoms with van der Waals surface area (Å²) in [5, 5.41) is 23.1. The molecule has 0 spiro atoms. The van der Waals surface area contributed by atoms with Gasteiger partial charge in [-0.2, -0.15) is 0 Å². The molecule has 1 aliphatic rings. The monoisotopic (exact) mass is 404 g/mol. The average Bonchev–Trinajstić information content (AvgIpc) is 2.46. The minimum Gasteiger partial charge on any atom is -0.481 e. The van der Waals surface area contributed by atoms with Gasteiger partial charge in [-0.1, -0.05) is 0 Å². The number of hydrogen-bond acceptors (Lipinski definition) is 4. The zero-order valence-electron chi connectivity index (χ0n) is 11.4. The van der Waals surface area contributed by atoms with Crippen molar-refractivity contribution in [3.05, 3.63) is 31.9 Å². The lowest BCUT2D eigenvalue weighted by Crippen LogP contribution is -2.25. The second-order valence-electron chi connectivity index (χ2n) is 5.36.